The summed E-state index contributed by atoms with van der Waals surface area (Å²) in [5.74, 6) is -1.08. The Kier molecular flexibility index (Phi) is 13.5. The fourth-order valence-corrected chi connectivity index (χ4v) is 2.79. The van der Waals surface area contributed by atoms with Crippen LogP contribution in [0, 0.1) is 0 Å². The van der Waals surface area contributed by atoms with E-state index in [0.717, 1.165) is 12.2 Å². The summed E-state index contributed by atoms with van der Waals surface area (Å²) in [6, 6.07) is 0. The van der Waals surface area contributed by atoms with Gasteiger partial charge in [-0.25, -0.2) is 0 Å². The molecule has 0 aromatic heterocycles. The average molecular weight is 274 g/mol. The van der Waals surface area contributed by atoms with E-state index in [2.05, 4.69) is 16.8 Å². The van der Waals surface area contributed by atoms with E-state index in [4.69, 9.17) is 0 Å². The fraction of sp³-hybridized carbons (Fsp3) is 0.333. The molecule has 0 saturated carbocycles. The molecule has 0 bridgehead atoms. The summed E-state index contributed by atoms with van der Waals surface area (Å²) < 4.78 is 47.2. The van der Waals surface area contributed by atoms with E-state index in [1.165, 1.54) is 0 Å². The molecule has 0 aliphatic rings. The third-order valence-electron chi connectivity index (χ3n) is 0.851. The van der Waals surface area contributed by atoms with E-state index in [-0.39, 0.29) is 59.1 Å². The summed E-state index contributed by atoms with van der Waals surface area (Å²) in [5.41, 5.74) is 0. The van der Waals surface area contributed by atoms with Crippen molar-refractivity contribution in [2.75, 3.05) is 11.5 Å². The SMILES string of the molecule is C=CCS(=O)(=O)OS(=O)(=O)CC=C.[NaH].[NaH]. The van der Waals surface area contributed by atoms with Crippen LogP contribution in [0.2, 0.25) is 0 Å². The molecule has 0 saturated heterocycles. The zero-order chi connectivity index (χ0) is 10.5. The summed E-state index contributed by atoms with van der Waals surface area (Å²) >= 11 is 0. The molecule has 0 unspecified atom stereocenters. The van der Waals surface area contributed by atoms with Gasteiger partial charge < -0.3 is 0 Å². The van der Waals surface area contributed by atoms with Crippen LogP contribution in [0.15, 0.2) is 25.3 Å². The Bertz CT molecular complexity index is 346. The number of hydrogen-bond acceptors (Lipinski definition) is 5. The molecule has 0 aliphatic heterocycles. The number of hydrogen-bond donors (Lipinski definition) is 0. The van der Waals surface area contributed by atoms with E-state index in [9.17, 15) is 16.8 Å². The first-order valence-electron chi connectivity index (χ1n) is 3.21. The van der Waals surface area contributed by atoms with Gasteiger partial charge in [0.05, 0.1) is 11.5 Å². The Hall–Kier alpha value is 1.34. The number of rotatable bonds is 6. The van der Waals surface area contributed by atoms with E-state index in [1.807, 2.05) is 0 Å². The molecule has 0 radical (unpaired) electrons. The second-order valence-corrected chi connectivity index (χ2v) is 5.54. The third-order valence-corrected chi connectivity index (χ3v) is 3.80. The molecule has 0 aliphatic carbocycles. The van der Waals surface area contributed by atoms with Gasteiger partial charge in [-0.05, 0) is 0 Å². The Balaban J connectivity index is -0.000000720. The van der Waals surface area contributed by atoms with Crippen molar-refractivity contribution in [3.8, 4) is 0 Å². The molecule has 0 fully saturated rings. The summed E-state index contributed by atoms with van der Waals surface area (Å²) in [6.07, 6.45) is 2.08. The molecule has 5 nitrogen and oxygen atoms in total. The minimum atomic E-state index is -4.07. The first-order valence-corrected chi connectivity index (χ1v) is 6.37. The van der Waals surface area contributed by atoms with Crippen LogP contribution in [0.1, 0.15) is 0 Å². The maximum atomic E-state index is 10.8. The van der Waals surface area contributed by atoms with Crippen LogP contribution >= 0.6 is 0 Å². The summed E-state index contributed by atoms with van der Waals surface area (Å²) in [6.45, 7) is 6.30. The summed E-state index contributed by atoms with van der Waals surface area (Å²) in [5, 5.41) is 0. The van der Waals surface area contributed by atoms with E-state index < -0.39 is 31.7 Å². The van der Waals surface area contributed by atoms with Gasteiger partial charge in [0.2, 0.25) is 0 Å². The normalized spacial score (nSPS) is 10.7. The summed E-state index contributed by atoms with van der Waals surface area (Å²) in [4.78, 5) is 0. The van der Waals surface area contributed by atoms with Crippen LogP contribution in [-0.4, -0.2) is 87.5 Å². The molecule has 0 rings (SSSR count). The quantitative estimate of drug-likeness (QED) is 0.446. The van der Waals surface area contributed by atoms with Crippen molar-refractivity contribution < 1.29 is 20.5 Å². The monoisotopic (exact) mass is 274 g/mol. The van der Waals surface area contributed by atoms with Gasteiger partial charge in [-0.15, -0.1) is 16.8 Å². The first kappa shape index (κ1) is 21.6. The van der Waals surface area contributed by atoms with Crippen LogP contribution < -0.4 is 0 Å². The standard InChI is InChI=1S/C6H10O5S2.2Na.2H/c1-3-5-12(7,8)11-13(9,10)6-4-2;;;;/h3-4H,1-2,5-6H2;;;;. The minimum absolute atomic E-state index is 0. The zero-order valence-electron chi connectivity index (χ0n) is 6.84. The van der Waals surface area contributed by atoms with Gasteiger partial charge in [-0.1, -0.05) is 12.2 Å². The molecule has 15 heavy (non-hydrogen) atoms. The molecule has 80 valence electrons. The molecule has 0 aromatic carbocycles. The van der Waals surface area contributed by atoms with Gasteiger partial charge in [-0.2, -0.15) is 16.8 Å². The Morgan fingerprint density at radius 3 is 1.33 bits per heavy atom. The van der Waals surface area contributed by atoms with Gasteiger partial charge in [0.25, 0.3) is 20.2 Å². The molecular formula is C6H12Na2O5S2. The Morgan fingerprint density at radius 1 is 0.867 bits per heavy atom. The predicted molar refractivity (Wildman–Crippen MR) is 63.4 cm³/mol. The van der Waals surface area contributed by atoms with Gasteiger partial charge in [-0.3, -0.25) is 0 Å². The van der Waals surface area contributed by atoms with Gasteiger partial charge >= 0.3 is 59.1 Å². The van der Waals surface area contributed by atoms with Crippen LogP contribution in [-0.2, 0) is 23.9 Å². The molecule has 0 atom stereocenters. The molecule has 0 aromatic rings. The van der Waals surface area contributed by atoms with Crippen LogP contribution in [0.3, 0.4) is 0 Å². The van der Waals surface area contributed by atoms with Crippen molar-refractivity contribution in [3.05, 3.63) is 25.3 Å². The molecule has 0 spiro atoms. The van der Waals surface area contributed by atoms with E-state index >= 15 is 0 Å². The molecule has 0 heterocycles. The van der Waals surface area contributed by atoms with Crippen molar-refractivity contribution in [3.63, 3.8) is 0 Å². The van der Waals surface area contributed by atoms with Gasteiger partial charge in [0.15, 0.2) is 0 Å². The molecule has 0 N–H and O–H groups in total. The van der Waals surface area contributed by atoms with Crippen LogP contribution in [0.4, 0.5) is 0 Å². The predicted octanol–water partition coefficient (Wildman–Crippen LogP) is -1.26. The molecular weight excluding hydrogens is 262 g/mol. The summed E-state index contributed by atoms with van der Waals surface area (Å²) in [7, 11) is -8.13. The zero-order valence-corrected chi connectivity index (χ0v) is 8.47. The van der Waals surface area contributed by atoms with Crippen LogP contribution in [0.25, 0.3) is 0 Å². The average Bonchev–Trinajstić information content (AvgIpc) is 1.82. The van der Waals surface area contributed by atoms with Crippen molar-refractivity contribution in [2.24, 2.45) is 0 Å². The van der Waals surface area contributed by atoms with E-state index in [1.54, 1.807) is 0 Å². The van der Waals surface area contributed by atoms with Crippen molar-refractivity contribution in [2.45, 2.75) is 0 Å². The Morgan fingerprint density at radius 2 is 1.13 bits per heavy atom. The van der Waals surface area contributed by atoms with Crippen molar-refractivity contribution in [1.29, 1.82) is 0 Å². The van der Waals surface area contributed by atoms with Gasteiger partial charge in [0.1, 0.15) is 0 Å². The fourth-order valence-electron chi connectivity index (χ4n) is 0.502. The molecule has 9 heteroatoms. The topological polar surface area (TPSA) is 77.5 Å². The first-order chi connectivity index (χ1) is 5.83. The Labute approximate surface area is 135 Å². The van der Waals surface area contributed by atoms with Crippen LogP contribution in [0.5, 0.6) is 0 Å². The second-order valence-electron chi connectivity index (χ2n) is 2.09. The molecule has 0 amide bonds. The van der Waals surface area contributed by atoms with Gasteiger partial charge in [0, 0.05) is 0 Å². The maximum absolute atomic E-state index is 10.8. The van der Waals surface area contributed by atoms with Crippen molar-refractivity contribution >= 4 is 79.4 Å². The van der Waals surface area contributed by atoms with Crippen molar-refractivity contribution in [1.82, 2.24) is 0 Å². The third kappa shape index (κ3) is 11.6. The van der Waals surface area contributed by atoms with E-state index in [0.29, 0.717) is 0 Å². The second kappa shape index (κ2) is 9.38.